The zero-order valence-electron chi connectivity index (χ0n) is 16.5. The number of nitrogens with one attached hydrogen (secondary N) is 1. The zero-order chi connectivity index (χ0) is 20.4. The molecular weight excluding hydrogens is 382 g/mol. The van der Waals surface area contributed by atoms with Gasteiger partial charge in [-0.3, -0.25) is 10.1 Å². The van der Waals surface area contributed by atoms with Gasteiger partial charge in [0.15, 0.2) is 0 Å². The molecule has 0 atom stereocenters. The van der Waals surface area contributed by atoms with Crippen molar-refractivity contribution in [3.05, 3.63) is 76.9 Å². The first-order valence-electron chi connectivity index (χ1n) is 9.38. The van der Waals surface area contributed by atoms with Gasteiger partial charge in [-0.2, -0.15) is 5.10 Å². The molecule has 4 aromatic rings. The average molecular weight is 404 g/mol. The van der Waals surface area contributed by atoms with Crippen molar-refractivity contribution < 1.29 is 4.79 Å². The summed E-state index contributed by atoms with van der Waals surface area (Å²) in [7, 11) is 0. The fourth-order valence-electron chi connectivity index (χ4n) is 2.94. The number of anilines is 1. The average Bonchev–Trinajstić information content (AvgIpc) is 3.36. The third-order valence-electron chi connectivity index (χ3n) is 4.43. The van der Waals surface area contributed by atoms with Crippen LogP contribution in [0.1, 0.15) is 40.7 Å². The highest BCUT2D eigenvalue weighted by Crippen LogP contribution is 2.27. The van der Waals surface area contributed by atoms with E-state index in [0.717, 1.165) is 21.8 Å². The van der Waals surface area contributed by atoms with E-state index in [1.807, 2.05) is 75.4 Å². The van der Waals surface area contributed by atoms with Crippen LogP contribution >= 0.6 is 11.3 Å². The standard InChI is InChI=1S/C22H21N5OS/c1-14(2)21-24-25-22(29-21)23-20(28)18-13-27(17-10-5-4-6-11-17)26-19(18)16-9-7-8-15(3)12-16/h4-14H,1-3H3,(H,23,25,28). The summed E-state index contributed by atoms with van der Waals surface area (Å²) in [5.74, 6) is 0.0111. The predicted molar refractivity (Wildman–Crippen MR) is 116 cm³/mol. The maximum Gasteiger partial charge on any atom is 0.261 e. The third kappa shape index (κ3) is 4.09. The predicted octanol–water partition coefficient (Wildman–Crippen LogP) is 5.07. The Morgan fingerprint density at radius 3 is 2.55 bits per heavy atom. The van der Waals surface area contributed by atoms with Crippen molar-refractivity contribution in [2.75, 3.05) is 5.32 Å². The van der Waals surface area contributed by atoms with Crippen LogP contribution in [0.4, 0.5) is 5.13 Å². The number of hydrogen-bond acceptors (Lipinski definition) is 5. The molecule has 0 fully saturated rings. The molecule has 2 heterocycles. The van der Waals surface area contributed by atoms with Crippen LogP contribution in [0.5, 0.6) is 0 Å². The number of carbonyl (C=O) groups is 1. The van der Waals surface area contributed by atoms with E-state index in [0.29, 0.717) is 16.4 Å². The zero-order valence-corrected chi connectivity index (χ0v) is 17.3. The number of carbonyl (C=O) groups excluding carboxylic acids is 1. The van der Waals surface area contributed by atoms with Gasteiger partial charge in [-0.1, -0.05) is 67.1 Å². The van der Waals surface area contributed by atoms with Gasteiger partial charge in [0.2, 0.25) is 5.13 Å². The second-order valence-corrected chi connectivity index (χ2v) is 8.10. The minimum absolute atomic E-state index is 0.254. The molecule has 29 heavy (non-hydrogen) atoms. The van der Waals surface area contributed by atoms with E-state index < -0.39 is 0 Å². The van der Waals surface area contributed by atoms with Crippen molar-refractivity contribution in [2.45, 2.75) is 26.7 Å². The minimum atomic E-state index is -0.254. The van der Waals surface area contributed by atoms with Crippen molar-refractivity contribution in [1.82, 2.24) is 20.0 Å². The minimum Gasteiger partial charge on any atom is -0.296 e. The lowest BCUT2D eigenvalue weighted by Crippen LogP contribution is -2.12. The highest BCUT2D eigenvalue weighted by atomic mass is 32.1. The number of benzene rings is 2. The smallest absolute Gasteiger partial charge is 0.261 e. The van der Waals surface area contributed by atoms with Crippen LogP contribution in [-0.4, -0.2) is 25.9 Å². The van der Waals surface area contributed by atoms with Gasteiger partial charge in [-0.05, 0) is 25.1 Å². The number of amides is 1. The molecule has 1 N–H and O–H groups in total. The largest absolute Gasteiger partial charge is 0.296 e. The van der Waals surface area contributed by atoms with Crippen LogP contribution in [0.2, 0.25) is 0 Å². The second kappa shape index (κ2) is 7.97. The summed E-state index contributed by atoms with van der Waals surface area (Å²) in [4.78, 5) is 13.1. The van der Waals surface area contributed by atoms with Gasteiger partial charge in [0, 0.05) is 17.7 Å². The molecule has 7 heteroatoms. The summed E-state index contributed by atoms with van der Waals surface area (Å²) in [6.07, 6.45) is 1.76. The highest BCUT2D eigenvalue weighted by molar-refractivity contribution is 7.15. The molecule has 0 radical (unpaired) electrons. The molecular formula is C22H21N5OS. The number of hydrogen-bond donors (Lipinski definition) is 1. The quantitative estimate of drug-likeness (QED) is 0.505. The molecule has 0 aliphatic carbocycles. The summed E-state index contributed by atoms with van der Waals surface area (Å²) in [5.41, 5.74) is 4.00. The molecule has 146 valence electrons. The Morgan fingerprint density at radius 2 is 1.86 bits per heavy atom. The van der Waals surface area contributed by atoms with E-state index in [1.165, 1.54) is 11.3 Å². The van der Waals surface area contributed by atoms with Gasteiger partial charge in [-0.15, -0.1) is 10.2 Å². The van der Waals surface area contributed by atoms with Crippen molar-refractivity contribution in [3.8, 4) is 16.9 Å². The number of aryl methyl sites for hydroxylation is 1. The van der Waals surface area contributed by atoms with Gasteiger partial charge < -0.3 is 0 Å². The maximum absolute atomic E-state index is 13.1. The first-order valence-corrected chi connectivity index (χ1v) is 10.2. The van der Waals surface area contributed by atoms with Gasteiger partial charge in [0.05, 0.1) is 11.3 Å². The van der Waals surface area contributed by atoms with Gasteiger partial charge in [-0.25, -0.2) is 4.68 Å². The van der Waals surface area contributed by atoms with Crippen LogP contribution in [0, 0.1) is 6.92 Å². The Balaban J connectivity index is 1.73. The topological polar surface area (TPSA) is 72.7 Å². The summed E-state index contributed by atoms with van der Waals surface area (Å²) in [5, 5.41) is 17.2. The lowest BCUT2D eigenvalue weighted by Gasteiger charge is -2.03. The Kier molecular flexibility index (Phi) is 5.22. The molecule has 0 saturated carbocycles. The molecule has 0 bridgehead atoms. The molecule has 2 aromatic heterocycles. The van der Waals surface area contributed by atoms with Crippen molar-refractivity contribution in [3.63, 3.8) is 0 Å². The van der Waals surface area contributed by atoms with Crippen LogP contribution in [0.3, 0.4) is 0 Å². The van der Waals surface area contributed by atoms with E-state index in [4.69, 9.17) is 5.10 Å². The van der Waals surface area contributed by atoms with E-state index >= 15 is 0 Å². The maximum atomic E-state index is 13.1. The molecule has 0 aliphatic heterocycles. The van der Waals surface area contributed by atoms with E-state index in [1.54, 1.807) is 10.9 Å². The number of aromatic nitrogens is 4. The fraction of sp³-hybridized carbons (Fsp3) is 0.182. The third-order valence-corrected chi connectivity index (χ3v) is 5.57. The van der Waals surface area contributed by atoms with Crippen LogP contribution < -0.4 is 5.32 Å². The Morgan fingerprint density at radius 1 is 1.07 bits per heavy atom. The van der Waals surface area contributed by atoms with Gasteiger partial charge in [0.25, 0.3) is 5.91 Å². The molecule has 1 amide bonds. The van der Waals surface area contributed by atoms with Crippen LogP contribution in [-0.2, 0) is 0 Å². The Labute approximate surface area is 173 Å². The Bertz CT molecular complexity index is 1150. The van der Waals surface area contributed by atoms with Crippen molar-refractivity contribution >= 4 is 22.4 Å². The molecule has 4 rings (SSSR count). The first kappa shape index (κ1) is 19.0. The van der Waals surface area contributed by atoms with Crippen LogP contribution in [0.25, 0.3) is 16.9 Å². The summed E-state index contributed by atoms with van der Waals surface area (Å²) < 4.78 is 1.73. The van der Waals surface area contributed by atoms with Gasteiger partial charge >= 0.3 is 0 Å². The number of para-hydroxylation sites is 1. The summed E-state index contributed by atoms with van der Waals surface area (Å²) in [6, 6.07) is 17.7. The van der Waals surface area contributed by atoms with Crippen LogP contribution in [0.15, 0.2) is 60.8 Å². The first-order chi connectivity index (χ1) is 14.0. The SMILES string of the molecule is Cc1cccc(-c2nn(-c3ccccc3)cc2C(=O)Nc2nnc(C(C)C)s2)c1. The summed E-state index contributed by atoms with van der Waals surface area (Å²) in [6.45, 7) is 6.11. The fourth-order valence-corrected chi connectivity index (χ4v) is 3.68. The number of rotatable bonds is 5. The highest BCUT2D eigenvalue weighted by Gasteiger charge is 2.20. The van der Waals surface area contributed by atoms with E-state index in [9.17, 15) is 4.79 Å². The molecule has 0 aliphatic rings. The lowest BCUT2D eigenvalue weighted by atomic mass is 10.1. The Hall–Kier alpha value is -3.32. The monoisotopic (exact) mass is 403 g/mol. The van der Waals surface area contributed by atoms with Crippen molar-refractivity contribution in [1.29, 1.82) is 0 Å². The molecule has 0 saturated heterocycles. The molecule has 0 unspecified atom stereocenters. The van der Waals surface area contributed by atoms with Crippen molar-refractivity contribution in [2.24, 2.45) is 0 Å². The molecule has 6 nitrogen and oxygen atoms in total. The lowest BCUT2D eigenvalue weighted by molar-refractivity contribution is 0.102. The molecule has 2 aromatic carbocycles. The normalized spacial score (nSPS) is 11.0. The molecule has 0 spiro atoms. The van der Waals surface area contributed by atoms with E-state index in [-0.39, 0.29) is 11.8 Å². The number of nitrogens with zero attached hydrogens (tertiary/aromatic N) is 4. The van der Waals surface area contributed by atoms with Gasteiger partial charge in [0.1, 0.15) is 10.7 Å². The second-order valence-electron chi connectivity index (χ2n) is 7.10. The summed E-state index contributed by atoms with van der Waals surface area (Å²) >= 11 is 1.39. The van der Waals surface area contributed by atoms with E-state index in [2.05, 4.69) is 15.5 Å².